The van der Waals surface area contributed by atoms with E-state index in [1.165, 1.54) is 7.05 Å². The standard InChI is InChI=1S/C27H32ClN5O5/c1-3-30-26(35)20-13-19-23(14-25(20)37-16-17(34)15-33-10-4-5-11-33)31-9-8-24(19)38-18-6-7-22(21(28)12-18)32-27(36)29-2/h6-9,12-14,17,34H,3-5,10-11,15-16H2,1-2H3,(H,30,35)(H2,29,32,36)/t17-/m0/s1. The third-order valence-electron chi connectivity index (χ3n) is 6.13. The van der Waals surface area contributed by atoms with Gasteiger partial charge in [-0.2, -0.15) is 0 Å². The Morgan fingerprint density at radius 2 is 1.95 bits per heavy atom. The first-order chi connectivity index (χ1) is 18.4. The maximum Gasteiger partial charge on any atom is 0.319 e. The molecule has 4 rings (SSSR count). The highest BCUT2D eigenvalue weighted by Gasteiger charge is 2.20. The van der Waals surface area contributed by atoms with Crippen molar-refractivity contribution in [3.8, 4) is 17.2 Å². The van der Waals surface area contributed by atoms with Crippen LogP contribution in [0.1, 0.15) is 30.1 Å². The first-order valence-electron chi connectivity index (χ1n) is 12.6. The summed E-state index contributed by atoms with van der Waals surface area (Å²) in [5, 5.41) is 19.3. The van der Waals surface area contributed by atoms with Crippen LogP contribution in [0.3, 0.4) is 0 Å². The fourth-order valence-electron chi connectivity index (χ4n) is 4.26. The van der Waals surface area contributed by atoms with Gasteiger partial charge in [0.25, 0.3) is 5.91 Å². The molecule has 38 heavy (non-hydrogen) atoms. The number of hydrogen-bond acceptors (Lipinski definition) is 7. The van der Waals surface area contributed by atoms with Gasteiger partial charge < -0.3 is 35.4 Å². The first kappa shape index (κ1) is 27.4. The normalized spacial score (nSPS) is 14.2. The van der Waals surface area contributed by atoms with Crippen molar-refractivity contribution < 1.29 is 24.2 Å². The summed E-state index contributed by atoms with van der Waals surface area (Å²) in [5.74, 6) is 0.932. The molecule has 1 fully saturated rings. The number of amides is 3. The van der Waals surface area contributed by atoms with E-state index in [0.717, 1.165) is 25.9 Å². The van der Waals surface area contributed by atoms with E-state index in [9.17, 15) is 14.7 Å². The molecule has 1 aliphatic rings. The molecule has 0 spiro atoms. The number of aliphatic hydroxyl groups is 1. The van der Waals surface area contributed by atoms with Crippen molar-refractivity contribution in [3.63, 3.8) is 0 Å². The SMILES string of the molecule is CCNC(=O)c1cc2c(Oc3ccc(NC(=O)NC)c(Cl)c3)ccnc2cc1OC[C@@H](O)CN1CCCC1. The number of ether oxygens (including phenoxy) is 2. The summed E-state index contributed by atoms with van der Waals surface area (Å²) in [6.07, 6.45) is 3.19. The summed E-state index contributed by atoms with van der Waals surface area (Å²) in [7, 11) is 1.51. The van der Waals surface area contributed by atoms with Crippen LogP contribution in [0.5, 0.6) is 17.2 Å². The third-order valence-corrected chi connectivity index (χ3v) is 6.44. The topological polar surface area (TPSA) is 125 Å². The van der Waals surface area contributed by atoms with E-state index in [2.05, 4.69) is 25.8 Å². The van der Waals surface area contributed by atoms with Gasteiger partial charge in [0.2, 0.25) is 0 Å². The van der Waals surface area contributed by atoms with Crippen molar-refractivity contribution in [2.75, 3.05) is 45.2 Å². The van der Waals surface area contributed by atoms with Gasteiger partial charge in [-0.25, -0.2) is 4.79 Å². The zero-order valence-corrected chi connectivity index (χ0v) is 22.2. The molecule has 0 bridgehead atoms. The molecule has 0 radical (unpaired) electrons. The average Bonchev–Trinajstić information content (AvgIpc) is 3.41. The lowest BCUT2D eigenvalue weighted by atomic mass is 10.1. The largest absolute Gasteiger partial charge is 0.490 e. The molecule has 1 saturated heterocycles. The molecule has 3 aromatic rings. The van der Waals surface area contributed by atoms with Crippen LogP contribution >= 0.6 is 11.6 Å². The number of fused-ring (bicyclic) bond motifs is 1. The van der Waals surface area contributed by atoms with E-state index in [0.29, 0.717) is 57.5 Å². The number of carbonyl (C=O) groups is 2. The smallest absolute Gasteiger partial charge is 0.319 e. The summed E-state index contributed by atoms with van der Waals surface area (Å²) >= 11 is 6.32. The Balaban J connectivity index is 1.59. The number of rotatable bonds is 10. The number of hydrogen-bond donors (Lipinski definition) is 4. The van der Waals surface area contributed by atoms with Crippen LogP contribution in [-0.4, -0.2) is 72.9 Å². The zero-order chi connectivity index (χ0) is 27.1. The maximum atomic E-state index is 12.9. The lowest BCUT2D eigenvalue weighted by Gasteiger charge is -2.20. The number of pyridine rings is 1. The number of aliphatic hydroxyl groups excluding tert-OH is 1. The van der Waals surface area contributed by atoms with E-state index in [-0.39, 0.29) is 18.5 Å². The van der Waals surface area contributed by atoms with E-state index >= 15 is 0 Å². The highest BCUT2D eigenvalue weighted by molar-refractivity contribution is 6.33. The van der Waals surface area contributed by atoms with Gasteiger partial charge in [-0.15, -0.1) is 0 Å². The predicted molar refractivity (Wildman–Crippen MR) is 147 cm³/mol. The summed E-state index contributed by atoms with van der Waals surface area (Å²) in [5.41, 5.74) is 1.31. The number of anilines is 1. The molecule has 2 heterocycles. The number of β-amino-alcohol motifs (C(OH)–C–C–N with tert-alkyl or cyclic N) is 1. The molecular formula is C27H32ClN5O5. The van der Waals surface area contributed by atoms with Crippen LogP contribution < -0.4 is 25.4 Å². The Kier molecular flexibility index (Phi) is 9.22. The molecule has 0 unspecified atom stereocenters. The van der Waals surface area contributed by atoms with Gasteiger partial charge in [0.15, 0.2) is 0 Å². The molecule has 202 valence electrons. The van der Waals surface area contributed by atoms with Crippen LogP contribution in [-0.2, 0) is 0 Å². The monoisotopic (exact) mass is 541 g/mol. The van der Waals surface area contributed by atoms with Crippen molar-refractivity contribution in [1.82, 2.24) is 20.5 Å². The minimum Gasteiger partial charge on any atom is -0.490 e. The molecule has 0 saturated carbocycles. The van der Waals surface area contributed by atoms with Crippen LogP contribution in [0, 0.1) is 0 Å². The number of aromatic nitrogens is 1. The second-order valence-electron chi connectivity index (χ2n) is 8.95. The Morgan fingerprint density at radius 3 is 2.66 bits per heavy atom. The average molecular weight is 542 g/mol. The second kappa shape index (κ2) is 12.8. The molecule has 4 N–H and O–H groups in total. The number of urea groups is 1. The summed E-state index contributed by atoms with van der Waals surface area (Å²) in [6, 6.07) is 9.55. The van der Waals surface area contributed by atoms with Crippen LogP contribution in [0.4, 0.5) is 10.5 Å². The van der Waals surface area contributed by atoms with Gasteiger partial charge in [0.05, 0.1) is 21.8 Å². The van der Waals surface area contributed by atoms with E-state index in [1.54, 1.807) is 42.6 Å². The zero-order valence-electron chi connectivity index (χ0n) is 21.4. The van der Waals surface area contributed by atoms with Gasteiger partial charge in [-0.3, -0.25) is 9.78 Å². The number of likely N-dealkylation sites (tertiary alicyclic amines) is 1. The van der Waals surface area contributed by atoms with Crippen molar-refractivity contribution >= 4 is 40.1 Å². The highest BCUT2D eigenvalue weighted by atomic mass is 35.5. The van der Waals surface area contributed by atoms with E-state index < -0.39 is 6.10 Å². The van der Waals surface area contributed by atoms with E-state index in [4.69, 9.17) is 21.1 Å². The molecule has 1 aromatic heterocycles. The fraction of sp³-hybridized carbons (Fsp3) is 0.370. The van der Waals surface area contributed by atoms with E-state index in [1.807, 2.05) is 6.92 Å². The van der Waals surface area contributed by atoms with Gasteiger partial charge in [-0.05, 0) is 57.1 Å². The van der Waals surface area contributed by atoms with Crippen molar-refractivity contribution in [1.29, 1.82) is 0 Å². The second-order valence-corrected chi connectivity index (χ2v) is 9.36. The predicted octanol–water partition coefficient (Wildman–Crippen LogP) is 4.02. The number of nitrogens with one attached hydrogen (secondary N) is 3. The minimum absolute atomic E-state index is 0.0551. The van der Waals surface area contributed by atoms with Gasteiger partial charge in [-0.1, -0.05) is 11.6 Å². The van der Waals surface area contributed by atoms with Crippen LogP contribution in [0.25, 0.3) is 10.9 Å². The fourth-order valence-corrected chi connectivity index (χ4v) is 4.48. The minimum atomic E-state index is -0.681. The molecule has 3 amide bonds. The molecule has 11 heteroatoms. The number of benzene rings is 2. The quantitative estimate of drug-likeness (QED) is 0.305. The Labute approximate surface area is 226 Å². The number of carbonyl (C=O) groups excluding carboxylic acids is 2. The van der Waals surface area contributed by atoms with Crippen LogP contribution in [0.2, 0.25) is 5.02 Å². The molecule has 0 aliphatic carbocycles. The van der Waals surface area contributed by atoms with Crippen molar-refractivity contribution in [2.24, 2.45) is 0 Å². The van der Waals surface area contributed by atoms with Gasteiger partial charge in [0, 0.05) is 43.9 Å². The van der Waals surface area contributed by atoms with Gasteiger partial charge in [0.1, 0.15) is 30.0 Å². The molecule has 1 aliphatic heterocycles. The molecule has 2 aromatic carbocycles. The van der Waals surface area contributed by atoms with Crippen molar-refractivity contribution in [3.05, 3.63) is 53.2 Å². The Morgan fingerprint density at radius 1 is 1.16 bits per heavy atom. The third kappa shape index (κ3) is 6.83. The number of halogens is 1. The van der Waals surface area contributed by atoms with Crippen LogP contribution in [0.15, 0.2) is 42.6 Å². The first-order valence-corrected chi connectivity index (χ1v) is 13.0. The Hall–Kier alpha value is -3.60. The number of nitrogens with zero attached hydrogens (tertiary/aromatic N) is 2. The molecular weight excluding hydrogens is 510 g/mol. The molecule has 10 nitrogen and oxygen atoms in total. The molecule has 1 atom stereocenters. The Bertz CT molecular complexity index is 1300. The summed E-state index contributed by atoms with van der Waals surface area (Å²) in [6.45, 7) is 4.81. The lowest BCUT2D eigenvalue weighted by molar-refractivity contribution is 0.0745. The van der Waals surface area contributed by atoms with Crippen molar-refractivity contribution in [2.45, 2.75) is 25.9 Å². The summed E-state index contributed by atoms with van der Waals surface area (Å²) in [4.78, 5) is 31.2. The summed E-state index contributed by atoms with van der Waals surface area (Å²) < 4.78 is 12.0. The van der Waals surface area contributed by atoms with Gasteiger partial charge >= 0.3 is 6.03 Å². The maximum absolute atomic E-state index is 12.9. The lowest BCUT2D eigenvalue weighted by Crippen LogP contribution is -2.34. The highest BCUT2D eigenvalue weighted by Crippen LogP contribution is 2.35.